The zero-order valence-corrected chi connectivity index (χ0v) is 10.1. The molecule has 0 aliphatic carbocycles. The van der Waals surface area contributed by atoms with E-state index in [4.69, 9.17) is 5.26 Å². The zero-order chi connectivity index (χ0) is 12.3. The minimum Gasteiger partial charge on any atom is -0.370 e. The predicted molar refractivity (Wildman–Crippen MR) is 66.9 cm³/mol. The highest BCUT2D eigenvalue weighted by Crippen LogP contribution is 2.21. The summed E-state index contributed by atoms with van der Waals surface area (Å²) in [4.78, 5) is 13.8. The maximum absolute atomic E-state index is 11.5. The summed E-state index contributed by atoms with van der Waals surface area (Å²) < 4.78 is 1.47. The van der Waals surface area contributed by atoms with E-state index in [1.807, 2.05) is 12.1 Å². The molecule has 17 heavy (non-hydrogen) atoms. The van der Waals surface area contributed by atoms with Gasteiger partial charge in [-0.05, 0) is 24.8 Å². The quantitative estimate of drug-likeness (QED) is 0.777. The molecule has 4 nitrogen and oxygen atoms in total. The first-order chi connectivity index (χ1) is 8.20. The molecule has 2 rings (SSSR count). The number of hydrogen-bond acceptors (Lipinski definition) is 3. The van der Waals surface area contributed by atoms with Crippen LogP contribution in [-0.4, -0.2) is 17.7 Å². The number of rotatable bonds is 2. The summed E-state index contributed by atoms with van der Waals surface area (Å²) in [6, 6.07) is 5.41. The maximum atomic E-state index is 11.5. The Labute approximate surface area is 101 Å². The highest BCUT2D eigenvalue weighted by Gasteiger charge is 2.16. The van der Waals surface area contributed by atoms with Crippen molar-refractivity contribution in [3.63, 3.8) is 0 Å². The smallest absolute Gasteiger partial charge is 0.251 e. The lowest BCUT2D eigenvalue weighted by Gasteiger charge is -2.32. The van der Waals surface area contributed by atoms with Crippen LogP contribution < -0.4 is 10.5 Å². The van der Waals surface area contributed by atoms with E-state index in [1.54, 1.807) is 12.3 Å². The number of piperidine rings is 1. The molecule has 90 valence electrons. The van der Waals surface area contributed by atoms with Gasteiger partial charge in [0.2, 0.25) is 0 Å². The Morgan fingerprint density at radius 2 is 2.12 bits per heavy atom. The minimum atomic E-state index is -0.110. The molecule has 0 radical (unpaired) electrons. The molecule has 1 saturated heterocycles. The van der Waals surface area contributed by atoms with Gasteiger partial charge in [-0.3, -0.25) is 9.36 Å². The fourth-order valence-corrected chi connectivity index (χ4v) is 2.17. The number of nitriles is 1. The van der Waals surface area contributed by atoms with Gasteiger partial charge in [0.15, 0.2) is 0 Å². The van der Waals surface area contributed by atoms with Crippen molar-refractivity contribution in [2.24, 2.45) is 5.92 Å². The average molecular weight is 231 g/mol. The molecule has 1 aliphatic heterocycles. The molecule has 1 aromatic heterocycles. The molecule has 1 aliphatic rings. The van der Waals surface area contributed by atoms with Crippen molar-refractivity contribution in [1.82, 2.24) is 4.57 Å². The van der Waals surface area contributed by atoms with Crippen LogP contribution in [-0.2, 0) is 6.54 Å². The van der Waals surface area contributed by atoms with E-state index < -0.39 is 0 Å². The summed E-state index contributed by atoms with van der Waals surface area (Å²) in [5, 5.41) is 8.66. The molecule has 2 heterocycles. The van der Waals surface area contributed by atoms with E-state index >= 15 is 0 Å². The van der Waals surface area contributed by atoms with E-state index in [-0.39, 0.29) is 12.1 Å². The first-order valence-electron chi connectivity index (χ1n) is 6.03. The van der Waals surface area contributed by atoms with Gasteiger partial charge in [-0.1, -0.05) is 6.92 Å². The van der Waals surface area contributed by atoms with Gasteiger partial charge in [-0.15, -0.1) is 0 Å². The summed E-state index contributed by atoms with van der Waals surface area (Å²) in [5.41, 5.74) is 0.937. The van der Waals surface area contributed by atoms with Crippen molar-refractivity contribution in [3.05, 3.63) is 28.7 Å². The van der Waals surface area contributed by atoms with Crippen molar-refractivity contribution in [2.75, 3.05) is 18.0 Å². The highest BCUT2D eigenvalue weighted by atomic mass is 16.1. The average Bonchev–Trinajstić information content (AvgIpc) is 2.33. The molecule has 0 unspecified atom stereocenters. The third kappa shape index (κ3) is 2.68. The van der Waals surface area contributed by atoms with E-state index in [9.17, 15) is 4.79 Å². The van der Waals surface area contributed by atoms with Crippen LogP contribution in [0.5, 0.6) is 0 Å². The molecule has 0 bridgehead atoms. The van der Waals surface area contributed by atoms with Gasteiger partial charge in [0, 0.05) is 25.4 Å². The standard InChI is InChI=1S/C13H17N3O/c1-11-4-7-15(8-5-11)12-2-3-13(17)16(10-12)9-6-14/h2-3,10-11H,4-5,7-9H2,1H3. The summed E-state index contributed by atoms with van der Waals surface area (Å²) in [7, 11) is 0. The van der Waals surface area contributed by atoms with Gasteiger partial charge in [0.1, 0.15) is 6.54 Å². The van der Waals surface area contributed by atoms with Crippen LogP contribution in [0.2, 0.25) is 0 Å². The first kappa shape index (κ1) is 11.7. The molecular formula is C13H17N3O. The van der Waals surface area contributed by atoms with Gasteiger partial charge in [-0.2, -0.15) is 5.26 Å². The fraction of sp³-hybridized carbons (Fsp3) is 0.538. The van der Waals surface area contributed by atoms with Gasteiger partial charge in [0.25, 0.3) is 5.56 Å². The van der Waals surface area contributed by atoms with Crippen molar-refractivity contribution in [3.8, 4) is 6.07 Å². The Morgan fingerprint density at radius 1 is 1.41 bits per heavy atom. The van der Waals surface area contributed by atoms with Crippen molar-refractivity contribution in [1.29, 1.82) is 5.26 Å². The third-order valence-corrected chi connectivity index (χ3v) is 3.36. The largest absolute Gasteiger partial charge is 0.370 e. The summed E-state index contributed by atoms with van der Waals surface area (Å²) >= 11 is 0. The van der Waals surface area contributed by atoms with Gasteiger partial charge in [0.05, 0.1) is 11.8 Å². The molecule has 0 atom stereocenters. The highest BCUT2D eigenvalue weighted by molar-refractivity contribution is 5.44. The third-order valence-electron chi connectivity index (χ3n) is 3.36. The second-order valence-electron chi connectivity index (χ2n) is 4.68. The van der Waals surface area contributed by atoms with E-state index in [0.717, 1.165) is 24.7 Å². The van der Waals surface area contributed by atoms with Gasteiger partial charge in [-0.25, -0.2) is 0 Å². The second-order valence-corrected chi connectivity index (χ2v) is 4.68. The van der Waals surface area contributed by atoms with Crippen LogP contribution in [0.15, 0.2) is 23.1 Å². The Hall–Kier alpha value is -1.76. The monoisotopic (exact) mass is 231 g/mol. The van der Waals surface area contributed by atoms with Crippen molar-refractivity contribution in [2.45, 2.75) is 26.3 Å². The normalized spacial score (nSPS) is 16.8. The minimum absolute atomic E-state index is 0.110. The Morgan fingerprint density at radius 3 is 2.76 bits per heavy atom. The van der Waals surface area contributed by atoms with Gasteiger partial charge < -0.3 is 4.90 Å². The molecule has 0 amide bonds. The second kappa shape index (κ2) is 5.05. The molecule has 1 fully saturated rings. The molecule has 4 heteroatoms. The lowest BCUT2D eigenvalue weighted by Crippen LogP contribution is -2.33. The first-order valence-corrected chi connectivity index (χ1v) is 6.03. The molecule has 0 N–H and O–H groups in total. The van der Waals surface area contributed by atoms with Crippen LogP contribution in [0.3, 0.4) is 0 Å². The Kier molecular flexibility index (Phi) is 3.48. The number of nitrogens with zero attached hydrogens (tertiary/aromatic N) is 3. The number of hydrogen-bond donors (Lipinski definition) is 0. The van der Waals surface area contributed by atoms with Crippen molar-refractivity contribution < 1.29 is 0 Å². The predicted octanol–water partition coefficient (Wildman–Crippen LogP) is 1.61. The van der Waals surface area contributed by atoms with E-state index in [0.29, 0.717) is 0 Å². The summed E-state index contributed by atoms with van der Waals surface area (Å²) in [5.74, 6) is 0.788. The lowest BCUT2D eigenvalue weighted by molar-refractivity contribution is 0.438. The van der Waals surface area contributed by atoms with Gasteiger partial charge >= 0.3 is 0 Å². The van der Waals surface area contributed by atoms with Crippen LogP contribution in [0.1, 0.15) is 19.8 Å². The van der Waals surface area contributed by atoms with E-state index in [1.165, 1.54) is 17.4 Å². The Balaban J connectivity index is 2.19. The van der Waals surface area contributed by atoms with Crippen LogP contribution in [0.25, 0.3) is 0 Å². The zero-order valence-electron chi connectivity index (χ0n) is 10.1. The topological polar surface area (TPSA) is 49.0 Å². The molecule has 0 aromatic carbocycles. The number of aromatic nitrogens is 1. The SMILES string of the molecule is CC1CCN(c2ccc(=O)n(CC#N)c2)CC1. The van der Waals surface area contributed by atoms with E-state index in [2.05, 4.69) is 11.8 Å². The maximum Gasteiger partial charge on any atom is 0.251 e. The van der Waals surface area contributed by atoms with Crippen molar-refractivity contribution >= 4 is 5.69 Å². The summed E-state index contributed by atoms with van der Waals surface area (Å²) in [6.45, 7) is 4.46. The fourth-order valence-electron chi connectivity index (χ4n) is 2.17. The molecule has 0 spiro atoms. The van der Waals surface area contributed by atoms with Crippen LogP contribution in [0, 0.1) is 17.2 Å². The summed E-state index contributed by atoms with van der Waals surface area (Å²) in [6.07, 6.45) is 4.18. The number of pyridine rings is 1. The molecule has 0 saturated carbocycles. The number of anilines is 1. The Bertz CT molecular complexity index is 478. The van der Waals surface area contributed by atoms with Crippen LogP contribution in [0.4, 0.5) is 5.69 Å². The molecular weight excluding hydrogens is 214 g/mol. The van der Waals surface area contributed by atoms with Crippen LogP contribution >= 0.6 is 0 Å². The molecule has 1 aromatic rings. The lowest BCUT2D eigenvalue weighted by atomic mass is 9.99.